The molecule has 0 amide bonds. The summed E-state index contributed by atoms with van der Waals surface area (Å²) in [6.45, 7) is 3.42. The van der Waals surface area contributed by atoms with E-state index in [4.69, 9.17) is 0 Å². The average molecular weight is 390 g/mol. The molecule has 0 nitrogen and oxygen atoms in total. The molecule has 2 aromatic carbocycles. The third-order valence-electron chi connectivity index (χ3n) is 3.01. The Bertz CT molecular complexity index is 601. The van der Waals surface area contributed by atoms with E-state index in [9.17, 15) is 8.78 Å². The van der Waals surface area contributed by atoms with Crippen molar-refractivity contribution in [2.45, 2.75) is 18.7 Å². The maximum Gasteiger partial charge on any atom is 0.142 e. The van der Waals surface area contributed by atoms with Crippen molar-refractivity contribution in [2.24, 2.45) is 0 Å². The Morgan fingerprint density at radius 1 is 1.00 bits per heavy atom. The minimum atomic E-state index is -0.303. The number of halogens is 4. The van der Waals surface area contributed by atoms with Crippen molar-refractivity contribution in [1.29, 1.82) is 0 Å². The van der Waals surface area contributed by atoms with Crippen LogP contribution in [0, 0.1) is 25.5 Å². The second kappa shape index (κ2) is 5.71. The van der Waals surface area contributed by atoms with Gasteiger partial charge in [0.05, 0.1) is 9.30 Å². The number of hydrogen-bond donors (Lipinski definition) is 0. The van der Waals surface area contributed by atoms with Crippen LogP contribution < -0.4 is 0 Å². The van der Waals surface area contributed by atoms with E-state index in [1.54, 1.807) is 44.2 Å². The van der Waals surface area contributed by atoms with E-state index in [2.05, 4.69) is 31.9 Å². The number of aryl methyl sites for hydroxylation is 2. The molecule has 0 spiro atoms. The van der Waals surface area contributed by atoms with Crippen LogP contribution in [0.1, 0.15) is 27.1 Å². The Kier molecular flexibility index (Phi) is 4.41. The maximum atomic E-state index is 14.1. The van der Waals surface area contributed by atoms with Crippen LogP contribution in [0.4, 0.5) is 8.78 Å². The Morgan fingerprint density at radius 2 is 1.58 bits per heavy atom. The van der Waals surface area contributed by atoms with E-state index in [1.165, 1.54) is 0 Å². The lowest BCUT2D eigenvalue weighted by Crippen LogP contribution is -2.00. The third-order valence-corrected chi connectivity index (χ3v) is 4.64. The summed E-state index contributed by atoms with van der Waals surface area (Å²) in [5, 5.41) is 0. The van der Waals surface area contributed by atoms with Gasteiger partial charge in [-0.1, -0.05) is 40.2 Å². The molecular weight excluding hydrogens is 378 g/mol. The Hall–Kier alpha value is -0.740. The van der Waals surface area contributed by atoms with Gasteiger partial charge >= 0.3 is 0 Å². The molecule has 0 N–H and O–H groups in total. The van der Waals surface area contributed by atoms with Crippen LogP contribution in [-0.4, -0.2) is 0 Å². The zero-order valence-corrected chi connectivity index (χ0v) is 13.6. The topological polar surface area (TPSA) is 0 Å². The number of benzene rings is 2. The molecule has 19 heavy (non-hydrogen) atoms. The lowest BCUT2D eigenvalue weighted by Gasteiger charge is -2.14. The Morgan fingerprint density at radius 3 is 2.16 bits per heavy atom. The Balaban J connectivity index is 2.50. The molecule has 2 aromatic rings. The summed E-state index contributed by atoms with van der Waals surface area (Å²) in [7, 11) is 0. The predicted octanol–water partition coefficient (Wildman–Crippen LogP) is 5.83. The molecule has 0 aliphatic rings. The van der Waals surface area contributed by atoms with Gasteiger partial charge in [0.2, 0.25) is 0 Å². The van der Waals surface area contributed by atoms with Gasteiger partial charge in [0.25, 0.3) is 0 Å². The molecule has 0 radical (unpaired) electrons. The van der Waals surface area contributed by atoms with Crippen molar-refractivity contribution in [3.8, 4) is 0 Å². The molecule has 0 fully saturated rings. The smallest absolute Gasteiger partial charge is 0.142 e. The molecule has 0 aliphatic carbocycles. The quantitative estimate of drug-likeness (QED) is 0.567. The monoisotopic (exact) mass is 388 g/mol. The molecule has 0 saturated carbocycles. The van der Waals surface area contributed by atoms with Gasteiger partial charge in [-0.15, -0.1) is 0 Å². The fourth-order valence-corrected chi connectivity index (χ4v) is 3.02. The van der Waals surface area contributed by atoms with Crippen LogP contribution in [0.3, 0.4) is 0 Å². The maximum absolute atomic E-state index is 14.1. The van der Waals surface area contributed by atoms with Crippen LogP contribution in [0.5, 0.6) is 0 Å². The summed E-state index contributed by atoms with van der Waals surface area (Å²) < 4.78 is 28.1. The molecule has 1 atom stereocenters. The summed E-state index contributed by atoms with van der Waals surface area (Å²) >= 11 is 6.66. The molecule has 0 bridgehead atoms. The van der Waals surface area contributed by atoms with E-state index >= 15 is 0 Å². The van der Waals surface area contributed by atoms with E-state index in [1.807, 2.05) is 0 Å². The van der Waals surface area contributed by atoms with Crippen molar-refractivity contribution in [1.82, 2.24) is 0 Å². The molecule has 1 unspecified atom stereocenters. The first kappa shape index (κ1) is 14.7. The first-order valence-electron chi connectivity index (χ1n) is 5.76. The van der Waals surface area contributed by atoms with E-state index in [0.717, 1.165) is 5.56 Å². The molecule has 0 aromatic heterocycles. The van der Waals surface area contributed by atoms with Crippen molar-refractivity contribution in [3.05, 3.63) is 68.7 Å². The van der Waals surface area contributed by atoms with E-state index < -0.39 is 0 Å². The van der Waals surface area contributed by atoms with E-state index in [-0.39, 0.29) is 16.5 Å². The fourth-order valence-electron chi connectivity index (χ4n) is 2.02. The molecule has 4 heteroatoms. The van der Waals surface area contributed by atoms with Crippen LogP contribution in [0.25, 0.3) is 0 Å². The predicted molar refractivity (Wildman–Crippen MR) is 80.7 cm³/mol. The SMILES string of the molecule is Cc1cc(C(Br)c2cccc(Br)c2F)cc(C)c1F. The van der Waals surface area contributed by atoms with Gasteiger partial charge in [-0.25, -0.2) is 8.78 Å². The fraction of sp³-hybridized carbons (Fsp3) is 0.200. The zero-order chi connectivity index (χ0) is 14.2. The van der Waals surface area contributed by atoms with Gasteiger partial charge in [-0.2, -0.15) is 0 Å². The minimum absolute atomic E-state index is 0.210. The van der Waals surface area contributed by atoms with Gasteiger partial charge in [0, 0.05) is 5.56 Å². The summed E-state index contributed by atoms with van der Waals surface area (Å²) in [5.41, 5.74) is 2.50. The van der Waals surface area contributed by atoms with Gasteiger partial charge in [0.15, 0.2) is 0 Å². The molecular formula is C15H12Br2F2. The lowest BCUT2D eigenvalue weighted by molar-refractivity contribution is 0.603. The van der Waals surface area contributed by atoms with Gasteiger partial charge in [-0.3, -0.25) is 0 Å². The van der Waals surface area contributed by atoms with Crippen molar-refractivity contribution >= 4 is 31.9 Å². The standard InChI is InChI=1S/C15H12Br2F2/c1-8-6-10(7-9(2)14(8)18)13(17)11-4-3-5-12(16)15(11)19/h3-7,13H,1-2H3. The minimum Gasteiger partial charge on any atom is -0.206 e. The van der Waals surface area contributed by atoms with Crippen molar-refractivity contribution in [2.75, 3.05) is 0 Å². The highest BCUT2D eigenvalue weighted by Crippen LogP contribution is 2.35. The second-order valence-electron chi connectivity index (χ2n) is 4.47. The number of hydrogen-bond acceptors (Lipinski definition) is 0. The molecule has 2 rings (SSSR count). The Labute approximate surface area is 128 Å². The number of alkyl halides is 1. The highest BCUT2D eigenvalue weighted by atomic mass is 79.9. The first-order valence-corrected chi connectivity index (χ1v) is 7.47. The van der Waals surface area contributed by atoms with Crippen LogP contribution in [0.15, 0.2) is 34.8 Å². The van der Waals surface area contributed by atoms with Crippen molar-refractivity contribution in [3.63, 3.8) is 0 Å². The summed E-state index contributed by atoms with van der Waals surface area (Å²) in [4.78, 5) is -0.303. The van der Waals surface area contributed by atoms with Crippen LogP contribution in [0.2, 0.25) is 0 Å². The molecule has 0 saturated heterocycles. The van der Waals surface area contributed by atoms with Gasteiger partial charge < -0.3 is 0 Å². The van der Waals surface area contributed by atoms with E-state index in [0.29, 0.717) is 21.2 Å². The molecule has 0 heterocycles. The second-order valence-corrected chi connectivity index (χ2v) is 6.24. The summed E-state index contributed by atoms with van der Waals surface area (Å²) in [6.07, 6.45) is 0. The summed E-state index contributed by atoms with van der Waals surface area (Å²) in [6, 6.07) is 8.62. The van der Waals surface area contributed by atoms with Crippen molar-refractivity contribution < 1.29 is 8.78 Å². The van der Waals surface area contributed by atoms with Gasteiger partial charge in [0.1, 0.15) is 11.6 Å². The lowest BCUT2D eigenvalue weighted by atomic mass is 10.00. The van der Waals surface area contributed by atoms with Crippen LogP contribution >= 0.6 is 31.9 Å². The van der Waals surface area contributed by atoms with Crippen LogP contribution in [-0.2, 0) is 0 Å². The molecule has 0 aliphatic heterocycles. The normalized spacial score (nSPS) is 12.5. The zero-order valence-electron chi connectivity index (χ0n) is 10.5. The first-order chi connectivity index (χ1) is 8.91. The highest BCUT2D eigenvalue weighted by molar-refractivity contribution is 9.10. The highest BCUT2D eigenvalue weighted by Gasteiger charge is 2.18. The summed E-state index contributed by atoms with van der Waals surface area (Å²) in [5.74, 6) is -0.512. The largest absolute Gasteiger partial charge is 0.206 e. The molecule has 100 valence electrons. The average Bonchev–Trinajstić information content (AvgIpc) is 2.38. The number of rotatable bonds is 2. The van der Waals surface area contributed by atoms with Gasteiger partial charge in [-0.05, 0) is 52.5 Å². The third kappa shape index (κ3) is 2.90.